The monoisotopic (exact) mass is 278 g/mol. The van der Waals surface area contributed by atoms with E-state index < -0.39 is 12.1 Å². The number of nitrogen functional groups attached to an aromatic ring is 1. The van der Waals surface area contributed by atoms with E-state index in [1.165, 1.54) is 7.05 Å². The minimum Gasteiger partial charge on any atom is -0.390 e. The quantitative estimate of drug-likeness (QED) is 0.828. The molecule has 18 heavy (non-hydrogen) atoms. The van der Waals surface area contributed by atoms with Crippen LogP contribution in [0.1, 0.15) is 27.2 Å². The molecular formula is C11H13F3N2OS. The first-order chi connectivity index (χ1) is 8.34. The Kier molecular flexibility index (Phi) is 3.27. The number of carbonyl (C=O) groups excluding carboxylic acids is 1. The van der Waals surface area contributed by atoms with Gasteiger partial charge in [-0.15, -0.1) is 11.3 Å². The molecule has 100 valence electrons. The van der Waals surface area contributed by atoms with E-state index >= 15 is 0 Å². The molecule has 0 aliphatic heterocycles. The van der Waals surface area contributed by atoms with E-state index in [2.05, 4.69) is 5.32 Å². The van der Waals surface area contributed by atoms with Gasteiger partial charge in [-0.3, -0.25) is 4.79 Å². The third-order valence-corrected chi connectivity index (χ3v) is 4.29. The largest absolute Gasteiger partial charge is 0.392 e. The van der Waals surface area contributed by atoms with Gasteiger partial charge in [0.1, 0.15) is 0 Å². The van der Waals surface area contributed by atoms with Gasteiger partial charge in [0.05, 0.1) is 16.5 Å². The molecule has 0 spiro atoms. The summed E-state index contributed by atoms with van der Waals surface area (Å²) < 4.78 is 38.0. The molecule has 3 nitrogen and oxygen atoms in total. The summed E-state index contributed by atoms with van der Waals surface area (Å²) in [7, 11) is 1.48. The van der Waals surface area contributed by atoms with Gasteiger partial charge in [0.25, 0.3) is 5.91 Å². The van der Waals surface area contributed by atoms with Crippen molar-refractivity contribution in [2.45, 2.75) is 25.4 Å². The number of carbonyl (C=O) groups is 1. The predicted octanol–water partition coefficient (Wildman–Crippen LogP) is 2.36. The van der Waals surface area contributed by atoms with Crippen molar-refractivity contribution >= 4 is 22.2 Å². The summed E-state index contributed by atoms with van der Waals surface area (Å²) in [6.45, 7) is 0. The van der Waals surface area contributed by atoms with Crippen molar-refractivity contribution in [1.82, 2.24) is 5.32 Å². The van der Waals surface area contributed by atoms with Crippen LogP contribution >= 0.6 is 11.3 Å². The fourth-order valence-electron chi connectivity index (χ4n) is 2.26. The average molecular weight is 278 g/mol. The second-order valence-corrected chi connectivity index (χ2v) is 5.44. The average Bonchev–Trinajstić information content (AvgIpc) is 2.61. The van der Waals surface area contributed by atoms with Gasteiger partial charge in [0, 0.05) is 11.9 Å². The van der Waals surface area contributed by atoms with Crippen molar-refractivity contribution in [1.29, 1.82) is 0 Å². The molecule has 0 saturated carbocycles. The van der Waals surface area contributed by atoms with Crippen LogP contribution in [0.5, 0.6) is 0 Å². The zero-order valence-corrected chi connectivity index (χ0v) is 10.5. The summed E-state index contributed by atoms with van der Waals surface area (Å²) >= 11 is 1.10. The maximum Gasteiger partial charge on any atom is 0.392 e. The number of rotatable bonds is 1. The molecule has 0 saturated heterocycles. The Balaban J connectivity index is 2.34. The first-order valence-electron chi connectivity index (χ1n) is 5.53. The summed E-state index contributed by atoms with van der Waals surface area (Å²) in [5.41, 5.74) is 6.78. The maximum absolute atomic E-state index is 12.7. The normalized spacial score (nSPS) is 19.4. The number of nitrogens with two attached hydrogens (primary N) is 1. The standard InChI is InChI=1S/C11H13F3N2OS/c1-16-10(17)8-6-3-2-5(11(12,13)14)4-7(6)18-9(8)15/h5H,2-4,15H2,1H3,(H,16,17). The smallest absolute Gasteiger partial charge is 0.390 e. The third-order valence-electron chi connectivity index (χ3n) is 3.21. The van der Waals surface area contributed by atoms with Crippen LogP contribution in [0.15, 0.2) is 0 Å². The zero-order valence-electron chi connectivity index (χ0n) is 9.73. The highest BCUT2D eigenvalue weighted by Gasteiger charge is 2.42. The molecule has 1 heterocycles. The van der Waals surface area contributed by atoms with Crippen molar-refractivity contribution in [3.8, 4) is 0 Å². The van der Waals surface area contributed by atoms with Crippen LogP contribution in [-0.2, 0) is 12.8 Å². The molecule has 1 aromatic rings. The Morgan fingerprint density at radius 2 is 2.17 bits per heavy atom. The van der Waals surface area contributed by atoms with Crippen LogP contribution in [-0.4, -0.2) is 19.1 Å². The minimum absolute atomic E-state index is 0.0245. The van der Waals surface area contributed by atoms with E-state index in [0.29, 0.717) is 21.0 Å². The van der Waals surface area contributed by atoms with Gasteiger partial charge in [-0.05, 0) is 24.8 Å². The number of thiophene rings is 1. The molecule has 0 aromatic carbocycles. The number of alkyl halides is 3. The van der Waals surface area contributed by atoms with Gasteiger partial charge in [0.15, 0.2) is 0 Å². The topological polar surface area (TPSA) is 55.1 Å². The fourth-order valence-corrected chi connectivity index (χ4v) is 3.46. The zero-order chi connectivity index (χ0) is 13.5. The number of nitrogens with one attached hydrogen (secondary N) is 1. The Hall–Kier alpha value is -1.24. The molecule has 7 heteroatoms. The lowest BCUT2D eigenvalue weighted by molar-refractivity contribution is -0.176. The fraction of sp³-hybridized carbons (Fsp3) is 0.545. The van der Waals surface area contributed by atoms with Gasteiger partial charge < -0.3 is 11.1 Å². The number of anilines is 1. The van der Waals surface area contributed by atoms with Gasteiger partial charge in [0.2, 0.25) is 0 Å². The lowest BCUT2D eigenvalue weighted by Crippen LogP contribution is -2.29. The summed E-state index contributed by atoms with van der Waals surface area (Å²) in [5.74, 6) is -1.64. The van der Waals surface area contributed by atoms with E-state index in [-0.39, 0.29) is 25.2 Å². The highest BCUT2D eigenvalue weighted by atomic mass is 32.1. The van der Waals surface area contributed by atoms with Crippen molar-refractivity contribution in [2.75, 3.05) is 12.8 Å². The van der Waals surface area contributed by atoms with E-state index in [4.69, 9.17) is 5.73 Å². The van der Waals surface area contributed by atoms with Gasteiger partial charge in [-0.2, -0.15) is 13.2 Å². The van der Waals surface area contributed by atoms with Crippen LogP contribution in [0.3, 0.4) is 0 Å². The molecule has 1 aliphatic carbocycles. The Morgan fingerprint density at radius 1 is 1.50 bits per heavy atom. The van der Waals surface area contributed by atoms with Crippen LogP contribution in [0.25, 0.3) is 0 Å². The number of hydrogen-bond acceptors (Lipinski definition) is 3. The second-order valence-electron chi connectivity index (χ2n) is 4.30. The van der Waals surface area contributed by atoms with E-state index in [9.17, 15) is 18.0 Å². The van der Waals surface area contributed by atoms with Crippen LogP contribution in [0.2, 0.25) is 0 Å². The Bertz CT molecular complexity index is 481. The molecule has 1 unspecified atom stereocenters. The molecule has 1 aliphatic rings. The molecule has 0 radical (unpaired) electrons. The summed E-state index contributed by atoms with van der Waals surface area (Å²) in [6.07, 6.45) is -3.96. The number of hydrogen-bond donors (Lipinski definition) is 2. The van der Waals surface area contributed by atoms with Crippen LogP contribution in [0, 0.1) is 5.92 Å². The molecule has 3 N–H and O–H groups in total. The SMILES string of the molecule is CNC(=O)c1c(N)sc2c1CCC(C(F)(F)F)C2. The molecule has 0 bridgehead atoms. The van der Waals surface area contributed by atoms with Crippen LogP contribution < -0.4 is 11.1 Å². The Morgan fingerprint density at radius 3 is 2.72 bits per heavy atom. The van der Waals surface area contributed by atoms with Crippen molar-refractivity contribution in [3.05, 3.63) is 16.0 Å². The number of fused-ring (bicyclic) bond motifs is 1. The second kappa shape index (κ2) is 4.46. The van der Waals surface area contributed by atoms with Gasteiger partial charge in [-0.25, -0.2) is 0 Å². The summed E-state index contributed by atoms with van der Waals surface area (Å²) in [5, 5.41) is 2.77. The molecule has 1 atom stereocenters. The summed E-state index contributed by atoms with van der Waals surface area (Å²) in [6, 6.07) is 0. The maximum atomic E-state index is 12.7. The van der Waals surface area contributed by atoms with E-state index in [1.54, 1.807) is 0 Å². The highest BCUT2D eigenvalue weighted by Crippen LogP contribution is 2.42. The van der Waals surface area contributed by atoms with Crippen molar-refractivity contribution < 1.29 is 18.0 Å². The van der Waals surface area contributed by atoms with Crippen LogP contribution in [0.4, 0.5) is 18.2 Å². The minimum atomic E-state index is -4.18. The number of halogens is 3. The van der Waals surface area contributed by atoms with Crippen molar-refractivity contribution in [2.24, 2.45) is 5.92 Å². The summed E-state index contributed by atoms with van der Waals surface area (Å²) in [4.78, 5) is 12.2. The van der Waals surface area contributed by atoms with Crippen molar-refractivity contribution in [3.63, 3.8) is 0 Å². The lowest BCUT2D eigenvalue weighted by Gasteiger charge is -2.24. The molecular weight excluding hydrogens is 265 g/mol. The third kappa shape index (κ3) is 2.19. The predicted molar refractivity (Wildman–Crippen MR) is 63.7 cm³/mol. The molecule has 0 fully saturated rings. The van der Waals surface area contributed by atoms with Gasteiger partial charge >= 0.3 is 6.18 Å². The molecule has 1 amide bonds. The lowest BCUT2D eigenvalue weighted by atomic mass is 9.86. The first-order valence-corrected chi connectivity index (χ1v) is 6.35. The Labute approximate surface area is 106 Å². The van der Waals surface area contributed by atoms with E-state index in [0.717, 1.165) is 11.3 Å². The molecule has 1 aromatic heterocycles. The van der Waals surface area contributed by atoms with E-state index in [1.807, 2.05) is 0 Å². The van der Waals surface area contributed by atoms with Gasteiger partial charge in [-0.1, -0.05) is 0 Å². The highest BCUT2D eigenvalue weighted by molar-refractivity contribution is 7.16. The first kappa shape index (κ1) is 13.2. The number of amides is 1. The molecule has 2 rings (SSSR count).